The first kappa shape index (κ1) is 22.9. The van der Waals surface area contributed by atoms with E-state index in [1.807, 2.05) is 0 Å². The van der Waals surface area contributed by atoms with Crippen molar-refractivity contribution in [3.63, 3.8) is 0 Å². The topological polar surface area (TPSA) is 94.6 Å². The third-order valence-corrected chi connectivity index (χ3v) is 7.23. The highest BCUT2D eigenvalue weighted by Crippen LogP contribution is 2.38. The van der Waals surface area contributed by atoms with E-state index in [0.29, 0.717) is 0 Å². The van der Waals surface area contributed by atoms with E-state index in [9.17, 15) is 48.0 Å². The minimum atomic E-state index is -6.73. The summed E-state index contributed by atoms with van der Waals surface area (Å²) in [6.07, 6.45) is -3.54. The molecule has 0 rings (SSSR count). The predicted molar refractivity (Wildman–Crippen MR) is 68.7 cm³/mol. The fourth-order valence-corrected chi connectivity index (χ4v) is 5.01. The van der Waals surface area contributed by atoms with E-state index in [1.54, 1.807) is 0 Å². The number of carbonyl (C=O) groups is 1. The standard InChI is InChI=1S/C10H14F6O6S2/c1-5(2)8(17)22-6(3)4-7(23(18,19)9(11,12)13)24(20,21)10(14,15)16/h5-7H,4H2,1-3H3. The smallest absolute Gasteiger partial charge is 0.462 e. The van der Waals surface area contributed by atoms with Crippen LogP contribution in [0.3, 0.4) is 0 Å². The van der Waals surface area contributed by atoms with Crippen LogP contribution in [0.4, 0.5) is 26.3 Å². The number of esters is 1. The third kappa shape index (κ3) is 4.97. The van der Waals surface area contributed by atoms with Gasteiger partial charge in [-0.05, 0) is 6.92 Å². The molecule has 0 bridgehead atoms. The fraction of sp³-hybridized carbons (Fsp3) is 0.900. The molecule has 0 aliphatic rings. The van der Waals surface area contributed by atoms with Crippen LogP contribution < -0.4 is 0 Å². The predicted octanol–water partition coefficient (Wildman–Crippen LogP) is 2.16. The molecule has 24 heavy (non-hydrogen) atoms. The fourth-order valence-electron chi connectivity index (χ4n) is 1.37. The lowest BCUT2D eigenvalue weighted by molar-refractivity contribution is -0.152. The van der Waals surface area contributed by atoms with E-state index in [-0.39, 0.29) is 0 Å². The zero-order chi connectivity index (χ0) is 19.7. The Balaban J connectivity index is 5.92. The van der Waals surface area contributed by atoms with Gasteiger partial charge in [0.1, 0.15) is 6.10 Å². The summed E-state index contributed by atoms with van der Waals surface area (Å²) < 4.78 is 121. The van der Waals surface area contributed by atoms with E-state index >= 15 is 0 Å². The van der Waals surface area contributed by atoms with Crippen molar-refractivity contribution in [1.82, 2.24) is 0 Å². The molecule has 0 saturated carbocycles. The number of hydrogen-bond acceptors (Lipinski definition) is 6. The summed E-state index contributed by atoms with van der Waals surface area (Å²) >= 11 is 0. The Hall–Kier alpha value is -1.05. The maximum Gasteiger partial charge on any atom is 0.498 e. The summed E-state index contributed by atoms with van der Waals surface area (Å²) in [5, 5.41) is 0. The van der Waals surface area contributed by atoms with Gasteiger partial charge in [0, 0.05) is 6.42 Å². The van der Waals surface area contributed by atoms with Crippen molar-refractivity contribution in [2.45, 2.75) is 48.9 Å². The van der Waals surface area contributed by atoms with Crippen LogP contribution in [0.5, 0.6) is 0 Å². The Morgan fingerprint density at radius 3 is 1.46 bits per heavy atom. The highest BCUT2D eigenvalue weighted by molar-refractivity contribution is 8.09. The summed E-state index contributed by atoms with van der Waals surface area (Å²) in [5.74, 6) is -1.86. The molecule has 0 saturated heterocycles. The average Bonchev–Trinajstić information content (AvgIpc) is 2.32. The van der Waals surface area contributed by atoms with Gasteiger partial charge in [0.15, 0.2) is 4.58 Å². The highest BCUT2D eigenvalue weighted by Gasteiger charge is 2.63. The number of rotatable bonds is 6. The van der Waals surface area contributed by atoms with Crippen molar-refractivity contribution in [2.75, 3.05) is 0 Å². The van der Waals surface area contributed by atoms with Crippen molar-refractivity contribution >= 4 is 25.6 Å². The summed E-state index contributed by atoms with van der Waals surface area (Å²) in [4.78, 5) is 11.3. The lowest BCUT2D eigenvalue weighted by Crippen LogP contribution is -2.46. The number of alkyl halides is 6. The van der Waals surface area contributed by atoms with Crippen LogP contribution in [0.2, 0.25) is 0 Å². The molecule has 0 aromatic heterocycles. The summed E-state index contributed by atoms with van der Waals surface area (Å²) in [6, 6.07) is 0. The molecule has 0 aliphatic heterocycles. The van der Waals surface area contributed by atoms with Crippen LogP contribution in [0.1, 0.15) is 27.2 Å². The van der Waals surface area contributed by atoms with Crippen molar-refractivity contribution < 1.29 is 52.7 Å². The second kappa shape index (κ2) is 7.06. The molecule has 6 nitrogen and oxygen atoms in total. The molecular formula is C10H14F6O6S2. The molecule has 0 spiro atoms. The summed E-state index contributed by atoms with van der Waals surface area (Å²) in [5.41, 5.74) is -12.5. The molecular weight excluding hydrogens is 394 g/mol. The molecule has 0 radical (unpaired) electrons. The number of halogens is 6. The Kier molecular flexibility index (Phi) is 6.75. The van der Waals surface area contributed by atoms with Gasteiger partial charge in [0.05, 0.1) is 5.92 Å². The van der Waals surface area contributed by atoms with Gasteiger partial charge in [-0.25, -0.2) is 16.8 Å². The second-order valence-corrected chi connectivity index (χ2v) is 9.59. The lowest BCUT2D eigenvalue weighted by Gasteiger charge is -2.23. The maximum atomic E-state index is 12.5. The molecule has 0 aliphatic carbocycles. The normalized spacial score (nSPS) is 15.6. The molecule has 14 heteroatoms. The van der Waals surface area contributed by atoms with E-state index in [0.717, 1.165) is 6.92 Å². The Morgan fingerprint density at radius 2 is 1.21 bits per heavy atom. The molecule has 144 valence electrons. The Morgan fingerprint density at radius 1 is 0.875 bits per heavy atom. The second-order valence-electron chi connectivity index (χ2n) is 5.05. The Labute approximate surface area is 134 Å². The van der Waals surface area contributed by atoms with Crippen LogP contribution in [0.15, 0.2) is 0 Å². The number of hydrogen-bond donors (Lipinski definition) is 0. The van der Waals surface area contributed by atoms with E-state index in [1.165, 1.54) is 13.8 Å². The first-order valence-electron chi connectivity index (χ1n) is 6.16. The van der Waals surface area contributed by atoms with Crippen LogP contribution >= 0.6 is 0 Å². The lowest BCUT2D eigenvalue weighted by atomic mass is 10.2. The molecule has 0 aromatic rings. The SMILES string of the molecule is CC(CC(S(=O)(=O)C(F)(F)F)S(=O)(=O)C(F)(F)F)OC(=O)C(C)C. The monoisotopic (exact) mass is 408 g/mol. The van der Waals surface area contributed by atoms with Gasteiger partial charge in [-0.3, -0.25) is 4.79 Å². The van der Waals surface area contributed by atoms with Crippen LogP contribution in [0, 0.1) is 5.92 Å². The van der Waals surface area contributed by atoms with Gasteiger partial charge in [0.25, 0.3) is 19.7 Å². The van der Waals surface area contributed by atoms with Gasteiger partial charge in [0.2, 0.25) is 0 Å². The molecule has 1 unspecified atom stereocenters. The molecule has 0 heterocycles. The summed E-state index contributed by atoms with van der Waals surface area (Å²) in [7, 11) is -13.5. The first-order chi connectivity index (χ1) is 10.4. The van der Waals surface area contributed by atoms with Gasteiger partial charge < -0.3 is 4.74 Å². The molecule has 0 fully saturated rings. The van der Waals surface area contributed by atoms with Crippen LogP contribution in [-0.4, -0.2) is 44.5 Å². The van der Waals surface area contributed by atoms with Crippen molar-refractivity contribution in [3.05, 3.63) is 0 Å². The minimum Gasteiger partial charge on any atom is -0.462 e. The van der Waals surface area contributed by atoms with E-state index in [2.05, 4.69) is 4.74 Å². The molecule has 0 aromatic carbocycles. The maximum absolute atomic E-state index is 12.5. The number of carbonyl (C=O) groups excluding carboxylic acids is 1. The van der Waals surface area contributed by atoms with Gasteiger partial charge in [-0.15, -0.1) is 0 Å². The zero-order valence-corrected chi connectivity index (χ0v) is 14.1. The van der Waals surface area contributed by atoms with E-state index < -0.39 is 59.7 Å². The van der Waals surface area contributed by atoms with E-state index in [4.69, 9.17) is 0 Å². The Bertz CT molecular complexity index is 617. The largest absolute Gasteiger partial charge is 0.498 e. The molecule has 0 amide bonds. The van der Waals surface area contributed by atoms with Crippen molar-refractivity contribution in [1.29, 1.82) is 0 Å². The highest BCUT2D eigenvalue weighted by atomic mass is 32.3. The van der Waals surface area contributed by atoms with Gasteiger partial charge in [-0.2, -0.15) is 26.3 Å². The average molecular weight is 408 g/mol. The minimum absolute atomic E-state index is 0.783. The quantitative estimate of drug-likeness (QED) is 0.494. The third-order valence-electron chi connectivity index (χ3n) is 2.65. The van der Waals surface area contributed by atoms with Gasteiger partial charge in [-0.1, -0.05) is 13.8 Å². The zero-order valence-electron chi connectivity index (χ0n) is 12.5. The molecule has 0 N–H and O–H groups in total. The number of sulfone groups is 2. The first-order valence-corrected chi connectivity index (χ1v) is 9.25. The summed E-state index contributed by atoms with van der Waals surface area (Å²) in [6.45, 7) is 3.38. The van der Waals surface area contributed by atoms with Crippen molar-refractivity contribution in [3.8, 4) is 0 Å². The molecule has 1 atom stereocenters. The number of ether oxygens (including phenoxy) is 1. The van der Waals surface area contributed by atoms with Crippen molar-refractivity contribution in [2.24, 2.45) is 5.92 Å². The van der Waals surface area contributed by atoms with Crippen LogP contribution in [-0.2, 0) is 29.2 Å². The van der Waals surface area contributed by atoms with Crippen LogP contribution in [0.25, 0.3) is 0 Å². The van der Waals surface area contributed by atoms with Gasteiger partial charge >= 0.3 is 17.0 Å².